The van der Waals surface area contributed by atoms with E-state index in [0.717, 1.165) is 17.2 Å². The van der Waals surface area contributed by atoms with Crippen molar-refractivity contribution in [1.82, 2.24) is 4.98 Å². The number of amides is 1. The Kier molecular flexibility index (Phi) is 6.53. The summed E-state index contributed by atoms with van der Waals surface area (Å²) in [7, 11) is 1.60. The largest absolute Gasteiger partial charge is 0.495 e. The summed E-state index contributed by atoms with van der Waals surface area (Å²) in [6.45, 7) is 3.68. The second kappa shape index (κ2) is 9.06. The second-order valence-corrected chi connectivity index (χ2v) is 7.89. The summed E-state index contributed by atoms with van der Waals surface area (Å²) < 4.78 is 5.41. The fraction of sp³-hybridized carbons (Fsp3) is 0.238. The van der Waals surface area contributed by atoms with Crippen molar-refractivity contribution in [3.8, 4) is 5.75 Å². The van der Waals surface area contributed by atoms with E-state index in [1.165, 1.54) is 22.5 Å². The van der Waals surface area contributed by atoms with Crippen molar-refractivity contribution in [3.05, 3.63) is 70.7 Å². The molecule has 0 aliphatic rings. The van der Waals surface area contributed by atoms with E-state index in [2.05, 4.69) is 36.2 Å². The third-order valence-corrected chi connectivity index (χ3v) is 6.03. The fourth-order valence-electron chi connectivity index (χ4n) is 2.72. The van der Waals surface area contributed by atoms with E-state index in [1.807, 2.05) is 41.4 Å². The Hall–Kier alpha value is -2.31. The molecule has 1 heterocycles. The molecule has 0 atom stereocenters. The van der Waals surface area contributed by atoms with Gasteiger partial charge >= 0.3 is 0 Å². The van der Waals surface area contributed by atoms with Crippen LogP contribution in [0.3, 0.4) is 0 Å². The lowest BCUT2D eigenvalue weighted by molar-refractivity contribution is -0.115. The highest BCUT2D eigenvalue weighted by Gasteiger charge is 2.21. The van der Waals surface area contributed by atoms with Gasteiger partial charge < -0.3 is 4.74 Å². The predicted molar refractivity (Wildman–Crippen MR) is 114 cm³/mol. The number of methoxy groups -OCH3 is 1. The number of thiazole rings is 1. The lowest BCUT2D eigenvalue weighted by atomic mass is 10.1. The van der Waals surface area contributed by atoms with Crippen molar-refractivity contribution in [2.45, 2.75) is 25.4 Å². The first-order valence-electron chi connectivity index (χ1n) is 8.60. The van der Waals surface area contributed by atoms with Crippen LogP contribution in [0.5, 0.6) is 5.75 Å². The molecule has 0 saturated carbocycles. The van der Waals surface area contributed by atoms with E-state index in [1.54, 1.807) is 18.9 Å². The molecule has 0 fully saturated rings. The molecule has 140 valence electrons. The minimum absolute atomic E-state index is 0.0898. The van der Waals surface area contributed by atoms with Crippen LogP contribution < -0.4 is 9.64 Å². The summed E-state index contributed by atoms with van der Waals surface area (Å²) in [5.41, 5.74) is 4.34. The van der Waals surface area contributed by atoms with Crippen molar-refractivity contribution < 1.29 is 9.53 Å². The Bertz CT molecular complexity index is 924. The molecule has 27 heavy (non-hydrogen) atoms. The van der Waals surface area contributed by atoms with Crippen molar-refractivity contribution >= 4 is 39.8 Å². The first kappa shape index (κ1) is 19.5. The predicted octanol–water partition coefficient (Wildman–Crippen LogP) is 5.58. The number of hydrogen-bond acceptors (Lipinski definition) is 5. The number of aryl methyl sites for hydroxylation is 1. The zero-order valence-corrected chi connectivity index (χ0v) is 17.3. The van der Waals surface area contributed by atoms with E-state index in [9.17, 15) is 4.79 Å². The van der Waals surface area contributed by atoms with E-state index >= 15 is 0 Å². The van der Waals surface area contributed by atoms with Crippen LogP contribution in [0.4, 0.5) is 10.8 Å². The quantitative estimate of drug-likeness (QED) is 0.521. The number of carbonyl (C=O) groups is 1. The molecule has 0 unspecified atom stereocenters. The van der Waals surface area contributed by atoms with Gasteiger partial charge in [0, 0.05) is 23.8 Å². The maximum atomic E-state index is 12.3. The first-order chi connectivity index (χ1) is 13.1. The maximum absolute atomic E-state index is 12.3. The number of anilines is 2. The molecule has 6 heteroatoms. The fourth-order valence-corrected chi connectivity index (χ4v) is 4.71. The smallest absolute Gasteiger partial charge is 0.230 e. The molecule has 0 saturated heterocycles. The van der Waals surface area contributed by atoms with Crippen LogP contribution in [-0.2, 0) is 16.3 Å². The standard InChI is InChI=1S/C21H22N2O2S2/c1-15-8-4-5-9-17(15)12-26-13-18-14-27-21(22-18)23(16(2)24)19-10-6-7-11-20(19)25-3/h4-11,14H,12-13H2,1-3H3. The van der Waals surface area contributed by atoms with E-state index in [0.29, 0.717) is 16.6 Å². The molecule has 4 nitrogen and oxygen atoms in total. The molecular formula is C21H22N2O2S2. The third kappa shape index (κ3) is 4.70. The molecule has 0 radical (unpaired) electrons. The molecule has 1 amide bonds. The van der Waals surface area contributed by atoms with Gasteiger partial charge in [-0.25, -0.2) is 4.98 Å². The van der Waals surface area contributed by atoms with Gasteiger partial charge in [-0.15, -0.1) is 11.3 Å². The second-order valence-electron chi connectivity index (χ2n) is 6.07. The van der Waals surface area contributed by atoms with Gasteiger partial charge in [0.15, 0.2) is 5.13 Å². The molecule has 0 spiro atoms. The summed E-state index contributed by atoms with van der Waals surface area (Å²) >= 11 is 3.30. The topological polar surface area (TPSA) is 42.4 Å². The lowest BCUT2D eigenvalue weighted by Gasteiger charge is -2.20. The number of benzene rings is 2. The molecule has 1 aromatic heterocycles. The van der Waals surface area contributed by atoms with Gasteiger partial charge in [0.2, 0.25) is 5.91 Å². The number of para-hydroxylation sites is 2. The summed E-state index contributed by atoms with van der Waals surface area (Å²) in [5, 5.41) is 2.68. The minimum atomic E-state index is -0.0898. The molecule has 0 bridgehead atoms. The number of hydrogen-bond donors (Lipinski definition) is 0. The SMILES string of the molecule is COc1ccccc1N(C(C)=O)c1nc(CSCc2ccccc2C)cs1. The molecule has 3 rings (SSSR count). The molecule has 3 aromatic rings. The van der Waals surface area contributed by atoms with Gasteiger partial charge in [0.1, 0.15) is 5.75 Å². The van der Waals surface area contributed by atoms with E-state index < -0.39 is 0 Å². The number of nitrogens with zero attached hydrogens (tertiary/aromatic N) is 2. The van der Waals surface area contributed by atoms with Crippen LogP contribution in [0, 0.1) is 6.92 Å². The first-order valence-corrected chi connectivity index (χ1v) is 10.6. The molecule has 0 aliphatic carbocycles. The minimum Gasteiger partial charge on any atom is -0.495 e. The average molecular weight is 399 g/mol. The number of carbonyl (C=O) groups excluding carboxylic acids is 1. The van der Waals surface area contributed by atoms with Crippen LogP contribution in [0.2, 0.25) is 0 Å². The summed E-state index contributed by atoms with van der Waals surface area (Å²) in [6, 6.07) is 15.9. The highest BCUT2D eigenvalue weighted by Crippen LogP contribution is 2.36. The summed E-state index contributed by atoms with van der Waals surface area (Å²) in [5.74, 6) is 2.32. The number of thioether (sulfide) groups is 1. The van der Waals surface area contributed by atoms with Gasteiger partial charge in [0.25, 0.3) is 0 Å². The van der Waals surface area contributed by atoms with Crippen LogP contribution in [0.1, 0.15) is 23.7 Å². The van der Waals surface area contributed by atoms with Crippen LogP contribution in [0.25, 0.3) is 0 Å². The zero-order chi connectivity index (χ0) is 19.2. The van der Waals surface area contributed by atoms with Gasteiger partial charge in [-0.1, -0.05) is 36.4 Å². The van der Waals surface area contributed by atoms with Crippen molar-refractivity contribution in [2.75, 3.05) is 12.0 Å². The van der Waals surface area contributed by atoms with Crippen molar-refractivity contribution in [3.63, 3.8) is 0 Å². The Balaban J connectivity index is 1.73. The average Bonchev–Trinajstić information content (AvgIpc) is 3.12. The maximum Gasteiger partial charge on any atom is 0.230 e. The van der Waals surface area contributed by atoms with E-state index in [-0.39, 0.29) is 5.91 Å². The molecule has 0 N–H and O–H groups in total. The molecule has 2 aromatic carbocycles. The van der Waals surface area contributed by atoms with Gasteiger partial charge in [-0.2, -0.15) is 11.8 Å². The summed E-state index contributed by atoms with van der Waals surface area (Å²) in [4.78, 5) is 18.6. The van der Waals surface area contributed by atoms with Gasteiger partial charge in [0.05, 0.1) is 18.5 Å². The monoisotopic (exact) mass is 398 g/mol. The van der Waals surface area contributed by atoms with Crippen LogP contribution >= 0.6 is 23.1 Å². The molecule has 0 aliphatic heterocycles. The molecular weight excluding hydrogens is 376 g/mol. The Morgan fingerprint density at radius 3 is 2.63 bits per heavy atom. The Morgan fingerprint density at radius 1 is 1.15 bits per heavy atom. The number of ether oxygens (including phenoxy) is 1. The lowest BCUT2D eigenvalue weighted by Crippen LogP contribution is -2.23. The van der Waals surface area contributed by atoms with Crippen LogP contribution in [-0.4, -0.2) is 18.0 Å². The van der Waals surface area contributed by atoms with Crippen LogP contribution in [0.15, 0.2) is 53.9 Å². The Labute approximate surface area is 168 Å². The highest BCUT2D eigenvalue weighted by molar-refractivity contribution is 7.97. The van der Waals surface area contributed by atoms with E-state index in [4.69, 9.17) is 4.74 Å². The number of rotatable bonds is 7. The normalized spacial score (nSPS) is 10.6. The van der Waals surface area contributed by atoms with Crippen molar-refractivity contribution in [1.29, 1.82) is 0 Å². The van der Waals surface area contributed by atoms with Crippen molar-refractivity contribution in [2.24, 2.45) is 0 Å². The van der Waals surface area contributed by atoms with Gasteiger partial charge in [-0.05, 0) is 30.2 Å². The number of aromatic nitrogens is 1. The van der Waals surface area contributed by atoms with Gasteiger partial charge in [-0.3, -0.25) is 9.69 Å². The third-order valence-electron chi connectivity index (χ3n) is 4.14. The zero-order valence-electron chi connectivity index (χ0n) is 15.6. The summed E-state index contributed by atoms with van der Waals surface area (Å²) in [6.07, 6.45) is 0. The highest BCUT2D eigenvalue weighted by atomic mass is 32.2. The Morgan fingerprint density at radius 2 is 1.89 bits per heavy atom.